The Morgan fingerprint density at radius 1 is 1.40 bits per heavy atom. The van der Waals surface area contributed by atoms with Gasteiger partial charge in [-0.2, -0.15) is 0 Å². The van der Waals surface area contributed by atoms with Gasteiger partial charge in [-0.3, -0.25) is 0 Å². The molecule has 1 fully saturated rings. The van der Waals surface area contributed by atoms with Crippen molar-refractivity contribution in [1.29, 1.82) is 0 Å². The minimum absolute atomic E-state index is 0.00787. The van der Waals surface area contributed by atoms with Gasteiger partial charge in [-0.15, -0.1) is 0 Å². The zero-order valence-corrected chi connectivity index (χ0v) is 13.5. The third-order valence-corrected chi connectivity index (χ3v) is 3.96. The number of hydrogen-bond acceptors (Lipinski definition) is 3. The maximum atomic E-state index is 6.36. The highest BCUT2D eigenvalue weighted by molar-refractivity contribution is 6.31. The van der Waals surface area contributed by atoms with Gasteiger partial charge in [-0.05, 0) is 39.3 Å². The highest BCUT2D eigenvalue weighted by atomic mass is 35.5. The molecular weight excluding hydrogens is 274 g/mol. The first-order valence-electron chi connectivity index (χ1n) is 7.11. The minimum atomic E-state index is 0.00787. The van der Waals surface area contributed by atoms with E-state index in [9.17, 15) is 0 Å². The molecule has 0 amide bonds. The molecule has 1 heterocycles. The van der Waals surface area contributed by atoms with E-state index in [-0.39, 0.29) is 11.6 Å². The lowest BCUT2D eigenvalue weighted by molar-refractivity contribution is 0.0868. The lowest BCUT2D eigenvalue weighted by Gasteiger charge is -2.27. The second kappa shape index (κ2) is 6.33. The Morgan fingerprint density at radius 3 is 2.80 bits per heavy atom. The normalized spacial score (nSPS) is 23.1. The predicted octanol–water partition coefficient (Wildman–Crippen LogP) is 3.81. The maximum Gasteiger partial charge on any atom is 0.126 e. The minimum Gasteiger partial charge on any atom is -0.496 e. The van der Waals surface area contributed by atoms with Crippen molar-refractivity contribution in [2.24, 2.45) is 5.92 Å². The van der Waals surface area contributed by atoms with Crippen LogP contribution < -0.4 is 10.1 Å². The van der Waals surface area contributed by atoms with Crippen LogP contribution in [0.2, 0.25) is 5.02 Å². The number of ether oxygens (including phenoxy) is 2. The van der Waals surface area contributed by atoms with Crippen molar-refractivity contribution >= 4 is 11.6 Å². The summed E-state index contributed by atoms with van der Waals surface area (Å²) < 4.78 is 11.4. The number of methoxy groups -OCH3 is 1. The fourth-order valence-electron chi connectivity index (χ4n) is 2.57. The van der Waals surface area contributed by atoms with Crippen LogP contribution in [0.4, 0.5) is 0 Å². The quantitative estimate of drug-likeness (QED) is 0.916. The number of halogens is 1. The van der Waals surface area contributed by atoms with E-state index in [1.807, 2.05) is 18.2 Å². The summed E-state index contributed by atoms with van der Waals surface area (Å²) in [5.41, 5.74) is 1.09. The number of rotatable bonds is 4. The molecule has 1 saturated heterocycles. The summed E-state index contributed by atoms with van der Waals surface area (Å²) in [5.74, 6) is 1.23. The largest absolute Gasteiger partial charge is 0.496 e. The Morgan fingerprint density at radius 2 is 2.15 bits per heavy atom. The van der Waals surface area contributed by atoms with Gasteiger partial charge < -0.3 is 14.8 Å². The maximum absolute atomic E-state index is 6.36. The van der Waals surface area contributed by atoms with Gasteiger partial charge in [0.2, 0.25) is 0 Å². The van der Waals surface area contributed by atoms with Crippen molar-refractivity contribution in [2.45, 2.75) is 38.8 Å². The Labute approximate surface area is 126 Å². The molecule has 1 aliphatic rings. The van der Waals surface area contributed by atoms with E-state index in [1.54, 1.807) is 7.11 Å². The van der Waals surface area contributed by atoms with Crippen LogP contribution in [0.1, 0.15) is 38.9 Å². The zero-order valence-electron chi connectivity index (χ0n) is 12.7. The van der Waals surface area contributed by atoms with Gasteiger partial charge in [0.05, 0.1) is 18.2 Å². The van der Waals surface area contributed by atoms with Gasteiger partial charge in [0.1, 0.15) is 5.75 Å². The summed E-state index contributed by atoms with van der Waals surface area (Å²) in [5, 5.41) is 4.28. The molecule has 2 unspecified atom stereocenters. The smallest absolute Gasteiger partial charge is 0.126 e. The first kappa shape index (κ1) is 15.6. The molecule has 1 aromatic carbocycles. The average molecular weight is 298 g/mol. The highest BCUT2D eigenvalue weighted by Gasteiger charge is 2.33. The van der Waals surface area contributed by atoms with E-state index in [2.05, 4.69) is 26.1 Å². The van der Waals surface area contributed by atoms with Gasteiger partial charge in [0.25, 0.3) is 0 Å². The molecular formula is C16H24ClNO2. The fraction of sp³-hybridized carbons (Fsp3) is 0.625. The summed E-state index contributed by atoms with van der Waals surface area (Å²) in [6.07, 6.45) is 1.05. The van der Waals surface area contributed by atoms with Crippen LogP contribution in [0.3, 0.4) is 0 Å². The van der Waals surface area contributed by atoms with E-state index in [0.717, 1.165) is 35.9 Å². The molecule has 112 valence electrons. The Balaban J connectivity index is 2.19. The van der Waals surface area contributed by atoms with E-state index in [4.69, 9.17) is 21.1 Å². The molecule has 0 aromatic heterocycles. The summed E-state index contributed by atoms with van der Waals surface area (Å²) in [7, 11) is 1.67. The van der Waals surface area contributed by atoms with Gasteiger partial charge >= 0.3 is 0 Å². The molecule has 1 aromatic rings. The highest BCUT2D eigenvalue weighted by Crippen LogP contribution is 2.42. The molecule has 1 N–H and O–H groups in total. The fourth-order valence-corrected chi connectivity index (χ4v) is 2.84. The predicted molar refractivity (Wildman–Crippen MR) is 82.6 cm³/mol. The molecule has 3 nitrogen and oxygen atoms in total. The topological polar surface area (TPSA) is 30.5 Å². The van der Waals surface area contributed by atoms with Gasteiger partial charge in [0.15, 0.2) is 0 Å². The van der Waals surface area contributed by atoms with E-state index in [0.29, 0.717) is 5.92 Å². The Bertz CT molecular complexity index is 456. The van der Waals surface area contributed by atoms with Crippen molar-refractivity contribution in [3.05, 3.63) is 28.8 Å². The molecule has 2 atom stereocenters. The first-order valence-corrected chi connectivity index (χ1v) is 7.49. The van der Waals surface area contributed by atoms with Crippen LogP contribution in [0.25, 0.3) is 0 Å². The third-order valence-electron chi connectivity index (χ3n) is 3.63. The third kappa shape index (κ3) is 3.66. The second-order valence-electron chi connectivity index (χ2n) is 6.33. The summed E-state index contributed by atoms with van der Waals surface area (Å²) >= 11 is 6.36. The summed E-state index contributed by atoms with van der Waals surface area (Å²) in [4.78, 5) is 0. The number of benzene rings is 1. The van der Waals surface area contributed by atoms with E-state index in [1.165, 1.54) is 0 Å². The lowest BCUT2D eigenvalue weighted by atomic mass is 9.93. The van der Waals surface area contributed by atoms with Crippen molar-refractivity contribution in [3.63, 3.8) is 0 Å². The van der Waals surface area contributed by atoms with Gasteiger partial charge in [-0.1, -0.05) is 17.7 Å². The van der Waals surface area contributed by atoms with E-state index >= 15 is 0 Å². The van der Waals surface area contributed by atoms with Crippen molar-refractivity contribution < 1.29 is 9.47 Å². The van der Waals surface area contributed by atoms with Gasteiger partial charge in [0, 0.05) is 30.2 Å². The van der Waals surface area contributed by atoms with Gasteiger partial charge in [-0.25, -0.2) is 0 Å². The van der Waals surface area contributed by atoms with Crippen LogP contribution in [-0.2, 0) is 4.74 Å². The van der Waals surface area contributed by atoms with Crippen molar-refractivity contribution in [3.8, 4) is 5.75 Å². The molecule has 0 aliphatic carbocycles. The van der Waals surface area contributed by atoms with Crippen LogP contribution in [0.5, 0.6) is 5.75 Å². The summed E-state index contributed by atoms with van der Waals surface area (Å²) in [6.45, 7) is 8.22. The van der Waals surface area contributed by atoms with Crippen LogP contribution in [-0.4, -0.2) is 25.8 Å². The number of hydrogen-bond donors (Lipinski definition) is 1. The standard InChI is InChI=1S/C16H24ClNO2/c1-16(2,3)18-10-11-8-9-20-15(11)14-12(17)6-5-7-13(14)19-4/h5-7,11,15,18H,8-10H2,1-4H3. The molecule has 0 spiro atoms. The Hall–Kier alpha value is -0.770. The Kier molecular flexibility index (Phi) is 4.95. The SMILES string of the molecule is COc1cccc(Cl)c1C1OCCC1CNC(C)(C)C. The van der Waals surface area contributed by atoms with Crippen LogP contribution in [0, 0.1) is 5.92 Å². The van der Waals surface area contributed by atoms with E-state index < -0.39 is 0 Å². The molecule has 0 radical (unpaired) electrons. The number of nitrogens with one attached hydrogen (secondary N) is 1. The molecule has 0 bridgehead atoms. The molecule has 2 rings (SSSR count). The molecule has 0 saturated carbocycles. The second-order valence-corrected chi connectivity index (χ2v) is 6.73. The van der Waals surface area contributed by atoms with Crippen molar-refractivity contribution in [1.82, 2.24) is 5.32 Å². The molecule has 20 heavy (non-hydrogen) atoms. The van der Waals surface area contributed by atoms with Crippen molar-refractivity contribution in [2.75, 3.05) is 20.3 Å². The zero-order chi connectivity index (χ0) is 14.8. The average Bonchev–Trinajstić information content (AvgIpc) is 2.83. The van der Waals surface area contributed by atoms with Crippen LogP contribution in [0.15, 0.2) is 18.2 Å². The lowest BCUT2D eigenvalue weighted by Crippen LogP contribution is -2.39. The monoisotopic (exact) mass is 297 g/mol. The molecule has 1 aliphatic heterocycles. The summed E-state index contributed by atoms with van der Waals surface area (Å²) in [6, 6.07) is 5.74. The van der Waals surface area contributed by atoms with Crippen LogP contribution >= 0.6 is 11.6 Å². The molecule has 4 heteroatoms. The first-order chi connectivity index (χ1) is 9.42.